The van der Waals surface area contributed by atoms with Crippen LogP contribution in [-0.4, -0.2) is 50.0 Å². The maximum atomic E-state index is 9.14. The van der Waals surface area contributed by atoms with Crippen molar-refractivity contribution < 1.29 is 0 Å². The second-order valence-corrected chi connectivity index (χ2v) is 8.12. The molecule has 3 heterocycles. The second-order valence-electron chi connectivity index (χ2n) is 7.71. The minimum atomic E-state index is 0.388. The van der Waals surface area contributed by atoms with Crippen molar-refractivity contribution in [2.45, 2.75) is 0 Å². The van der Waals surface area contributed by atoms with Gasteiger partial charge in [0.2, 0.25) is 0 Å². The van der Waals surface area contributed by atoms with Crippen molar-refractivity contribution in [1.29, 1.82) is 5.26 Å². The normalized spacial score (nSPS) is 11.2. The van der Waals surface area contributed by atoms with Gasteiger partial charge < -0.3 is 0 Å². The van der Waals surface area contributed by atoms with Gasteiger partial charge in [-0.1, -0.05) is 0 Å². The molecule has 34 heavy (non-hydrogen) atoms. The van der Waals surface area contributed by atoms with Gasteiger partial charge in [-0.15, -0.1) is 0 Å². The molecular weight excluding hydrogens is 447 g/mol. The van der Waals surface area contributed by atoms with Gasteiger partial charge in [0, 0.05) is 0 Å². The average molecular weight is 461 g/mol. The first-order valence-corrected chi connectivity index (χ1v) is 10.7. The zero-order valence-corrected chi connectivity index (χ0v) is 18.4. The van der Waals surface area contributed by atoms with Crippen LogP contribution in [0.5, 0.6) is 0 Å². The van der Waals surface area contributed by atoms with Gasteiger partial charge in [-0.25, -0.2) is 0 Å². The second kappa shape index (κ2) is 7.51. The molecule has 0 bridgehead atoms. The summed E-state index contributed by atoms with van der Waals surface area (Å²) in [6.45, 7) is 9.22. The summed E-state index contributed by atoms with van der Waals surface area (Å²) in [5.41, 5.74) is 7.65. The third-order valence-electron chi connectivity index (χ3n) is 5.72. The summed E-state index contributed by atoms with van der Waals surface area (Å²) in [5, 5.41) is 9.61. The number of hydrogen-bond acceptors (Lipinski definition) is 5. The third-order valence-corrected chi connectivity index (χ3v) is 6.01. The van der Waals surface area contributed by atoms with Crippen LogP contribution >= 0.6 is 11.6 Å². The van der Waals surface area contributed by atoms with Gasteiger partial charge in [0.15, 0.2) is 0 Å². The summed E-state index contributed by atoms with van der Waals surface area (Å²) in [7, 11) is 0. The number of halogens is 1. The van der Waals surface area contributed by atoms with Crippen molar-refractivity contribution in [2.24, 2.45) is 4.99 Å². The Kier molecular flexibility index (Phi) is 4.44. The number of nitrogens with zero attached hydrogens (tertiary/aromatic N) is 5. The number of imidazole rings is 3. The molecule has 0 radical (unpaired) electrons. The summed E-state index contributed by atoms with van der Waals surface area (Å²) in [5.74, 6) is 1.75. The predicted octanol–water partition coefficient (Wildman–Crippen LogP) is 4.27. The molecule has 0 fully saturated rings. The number of hydrogen-bond donors (Lipinski definition) is 3. The quantitative estimate of drug-likeness (QED) is 0.268. The first kappa shape index (κ1) is 20.1. The third kappa shape index (κ3) is 3.04. The minimum absolute atomic E-state index is 0.388. The number of aliphatic imine (C=N–C) groups is 1. The number of H-pyrrole nitrogens is 3. The molecule has 0 amide bonds. The first-order valence-electron chi connectivity index (χ1n) is 10.3. The van der Waals surface area contributed by atoms with E-state index in [1.165, 1.54) is 0 Å². The van der Waals surface area contributed by atoms with Crippen LogP contribution in [0.15, 0.2) is 47.5 Å². The average Bonchev–Trinajstić information content (AvgIpc) is 3.58. The molecule has 3 aromatic heterocycles. The number of benzene rings is 3. The van der Waals surface area contributed by atoms with E-state index in [0.717, 1.165) is 44.2 Å². The predicted molar refractivity (Wildman–Crippen MR) is 138 cm³/mol. The Bertz CT molecular complexity index is 1840. The van der Waals surface area contributed by atoms with Crippen molar-refractivity contribution in [1.82, 2.24) is 29.9 Å². The molecule has 160 valence electrons. The van der Waals surface area contributed by atoms with Gasteiger partial charge in [0.05, 0.1) is 6.07 Å². The van der Waals surface area contributed by atoms with E-state index in [0.29, 0.717) is 33.7 Å². The van der Waals surface area contributed by atoms with Crippen molar-refractivity contribution >= 4 is 76.2 Å². The molecular formula is C24H14BClN8. The van der Waals surface area contributed by atoms with Crippen molar-refractivity contribution in [3.05, 3.63) is 53.1 Å². The summed E-state index contributed by atoms with van der Waals surface area (Å²) in [6, 6.07) is 15.2. The van der Waals surface area contributed by atoms with Crippen LogP contribution < -0.4 is 5.46 Å². The molecule has 3 aromatic carbocycles. The Morgan fingerprint density at radius 3 is 2.44 bits per heavy atom. The molecule has 0 saturated carbocycles. The van der Waals surface area contributed by atoms with E-state index in [4.69, 9.17) is 21.8 Å². The Morgan fingerprint density at radius 2 is 1.68 bits per heavy atom. The van der Waals surface area contributed by atoms with Gasteiger partial charge in [-0.05, 0) is 0 Å². The fourth-order valence-electron chi connectivity index (χ4n) is 4.12. The fraction of sp³-hybridized carbons (Fsp3) is 0. The topological polar surface area (TPSA) is 122 Å². The van der Waals surface area contributed by atoms with Crippen molar-refractivity contribution in [2.75, 3.05) is 0 Å². The van der Waals surface area contributed by atoms with Crippen LogP contribution in [0.4, 0.5) is 5.95 Å². The van der Waals surface area contributed by atoms with E-state index in [2.05, 4.69) is 49.2 Å². The van der Waals surface area contributed by atoms with Gasteiger partial charge in [-0.3, -0.25) is 0 Å². The summed E-state index contributed by atoms with van der Waals surface area (Å²) >= 11 is 6.52. The molecule has 0 aliphatic carbocycles. The van der Waals surface area contributed by atoms with Crippen LogP contribution in [0, 0.1) is 11.3 Å². The molecule has 0 saturated heterocycles. The fourth-order valence-corrected chi connectivity index (χ4v) is 4.37. The van der Waals surface area contributed by atoms with Gasteiger partial charge in [0.25, 0.3) is 0 Å². The number of aromatic nitrogens is 6. The van der Waals surface area contributed by atoms with Crippen molar-refractivity contribution in [3.8, 4) is 28.8 Å². The Hall–Kier alpha value is -4.55. The maximum absolute atomic E-state index is 9.14. The van der Waals surface area contributed by atoms with Crippen LogP contribution in [0.3, 0.4) is 0 Å². The Morgan fingerprint density at radius 1 is 0.941 bits per heavy atom. The molecule has 0 aliphatic rings. The van der Waals surface area contributed by atoms with Crippen LogP contribution in [0.1, 0.15) is 5.56 Å². The van der Waals surface area contributed by atoms with E-state index in [1.54, 1.807) is 19.1 Å². The molecule has 0 aliphatic heterocycles. The standard InChI is InChI=1S/C24H14BClN8/c1-25-19-13(9-14(26)20-21(19)34-24(28-2)33-20)23-30-16-6-4-12(8-18(16)32-23)22-29-15-5-3-11(10-27)7-17(15)31-22/h3-9H,1-2H2,(H,29,31)(H,30,32)(H,33,34). The number of rotatable bonds is 4. The van der Waals surface area contributed by atoms with E-state index in [1.807, 2.05) is 30.3 Å². The molecule has 8 nitrogen and oxygen atoms in total. The molecule has 0 unspecified atom stereocenters. The molecule has 3 N–H and O–H groups in total. The molecule has 10 heteroatoms. The number of nitrogens with one attached hydrogen (secondary N) is 3. The van der Waals surface area contributed by atoms with Crippen LogP contribution in [-0.2, 0) is 0 Å². The molecule has 6 rings (SSSR count). The van der Waals surface area contributed by atoms with Crippen molar-refractivity contribution in [3.63, 3.8) is 0 Å². The van der Waals surface area contributed by atoms with E-state index < -0.39 is 0 Å². The summed E-state index contributed by atoms with van der Waals surface area (Å²) in [6.07, 6.45) is 0. The van der Waals surface area contributed by atoms with Gasteiger partial charge >= 0.3 is 187 Å². The van der Waals surface area contributed by atoms with E-state index in [-0.39, 0.29) is 0 Å². The zero-order chi connectivity index (χ0) is 23.4. The monoisotopic (exact) mass is 460 g/mol. The first-order chi connectivity index (χ1) is 16.6. The molecule has 0 atom stereocenters. The summed E-state index contributed by atoms with van der Waals surface area (Å²) in [4.78, 5) is 27.5. The Labute approximate surface area is 198 Å². The molecule has 6 aromatic rings. The number of nitriles is 1. The molecule has 0 spiro atoms. The van der Waals surface area contributed by atoms with E-state index in [9.17, 15) is 0 Å². The number of fused-ring (bicyclic) bond motifs is 3. The SMILES string of the molecule is C=Bc1c(-c2nc3ccc(-c4nc5ccc(C#N)cc5[nH]4)cc3[nH]2)cc(Cl)c2nc(N=C)[nH]c12. The van der Waals surface area contributed by atoms with E-state index >= 15 is 0 Å². The van der Waals surface area contributed by atoms with Gasteiger partial charge in [0.1, 0.15) is 0 Å². The van der Waals surface area contributed by atoms with Crippen LogP contribution in [0.2, 0.25) is 5.02 Å². The van der Waals surface area contributed by atoms with Gasteiger partial charge in [-0.2, -0.15) is 5.26 Å². The Balaban J connectivity index is 1.48. The zero-order valence-electron chi connectivity index (χ0n) is 17.6. The number of aromatic amines is 3. The summed E-state index contributed by atoms with van der Waals surface area (Å²) < 4.78 is 0. The van der Waals surface area contributed by atoms with Crippen LogP contribution in [0.25, 0.3) is 55.9 Å².